The van der Waals surface area contributed by atoms with Gasteiger partial charge in [0.1, 0.15) is 17.9 Å². The van der Waals surface area contributed by atoms with Gasteiger partial charge in [-0.1, -0.05) is 37.3 Å². The lowest BCUT2D eigenvalue weighted by atomic mass is 10.0. The number of benzene rings is 1. The molecule has 0 aliphatic carbocycles. The van der Waals surface area contributed by atoms with Gasteiger partial charge >= 0.3 is 5.97 Å². The smallest absolute Gasteiger partial charge is 0.326 e. The molecule has 0 heterocycles. The summed E-state index contributed by atoms with van der Waals surface area (Å²) >= 11 is 5.52. The fourth-order valence-corrected chi connectivity index (χ4v) is 2.45. The van der Waals surface area contributed by atoms with Crippen LogP contribution in [-0.4, -0.2) is 28.9 Å². The minimum absolute atomic E-state index is 0.0301. The zero-order valence-corrected chi connectivity index (χ0v) is 15.3. The molecular weight excluding hydrogens is 310 g/mol. The monoisotopic (exact) mass is 335 g/mol. The number of para-hydroxylation sites is 1. The normalized spacial score (nSPS) is 12.4. The number of esters is 1. The van der Waals surface area contributed by atoms with Crippen molar-refractivity contribution in [2.24, 2.45) is 5.92 Å². The van der Waals surface area contributed by atoms with E-state index in [1.54, 1.807) is 11.8 Å². The topological polar surface area (TPSA) is 46.6 Å². The summed E-state index contributed by atoms with van der Waals surface area (Å²) in [5.41, 5.74) is 0.269. The molecule has 126 valence electrons. The Labute approximate surface area is 143 Å². The van der Waals surface area contributed by atoms with Gasteiger partial charge in [-0.2, -0.15) is 0 Å². The van der Waals surface area contributed by atoms with E-state index < -0.39 is 5.60 Å². The number of thiocarbonyl (C=S) groups is 1. The van der Waals surface area contributed by atoms with Crippen LogP contribution in [-0.2, 0) is 14.3 Å². The van der Waals surface area contributed by atoms with Gasteiger partial charge in [0, 0.05) is 18.0 Å². The van der Waals surface area contributed by atoms with Gasteiger partial charge in [-0.3, -0.25) is 4.79 Å². The first-order valence-electron chi connectivity index (χ1n) is 7.68. The molecule has 1 aromatic carbocycles. The lowest BCUT2D eigenvalue weighted by Gasteiger charge is -2.29. The molecule has 1 aromatic rings. The van der Waals surface area contributed by atoms with Gasteiger partial charge in [-0.25, -0.2) is 0 Å². The van der Waals surface area contributed by atoms with Crippen molar-refractivity contribution < 1.29 is 14.3 Å². The van der Waals surface area contributed by atoms with E-state index in [1.165, 1.54) is 0 Å². The van der Waals surface area contributed by atoms with E-state index >= 15 is 0 Å². The number of rotatable bonds is 6. The van der Waals surface area contributed by atoms with Crippen LogP contribution >= 0.6 is 12.2 Å². The minimum atomic E-state index is -0.550. The Hall–Kier alpha value is -1.75. The van der Waals surface area contributed by atoms with Gasteiger partial charge in [0.25, 0.3) is 0 Å². The molecule has 1 unspecified atom stereocenters. The van der Waals surface area contributed by atoms with Crippen LogP contribution in [0.4, 0.5) is 5.69 Å². The molecule has 0 spiro atoms. The third kappa shape index (κ3) is 6.91. The van der Waals surface area contributed by atoms with E-state index in [-0.39, 0.29) is 24.2 Å². The molecule has 0 saturated carbocycles. The Kier molecular flexibility index (Phi) is 6.88. The number of nitrogens with zero attached hydrogens (tertiary/aromatic N) is 1. The van der Waals surface area contributed by atoms with Crippen molar-refractivity contribution in [2.45, 2.75) is 46.6 Å². The summed E-state index contributed by atoms with van der Waals surface area (Å²) in [6.45, 7) is 8.95. The predicted molar refractivity (Wildman–Crippen MR) is 96.7 cm³/mol. The van der Waals surface area contributed by atoms with Crippen LogP contribution in [0.15, 0.2) is 30.3 Å². The molecule has 0 amide bonds. The predicted octanol–water partition coefficient (Wildman–Crippen LogP) is 3.78. The maximum atomic E-state index is 12.2. The number of anilines is 1. The molecule has 0 aliphatic rings. The third-order valence-electron chi connectivity index (χ3n) is 3.06. The van der Waals surface area contributed by atoms with Crippen molar-refractivity contribution in [2.75, 3.05) is 11.4 Å². The first-order chi connectivity index (χ1) is 10.6. The molecule has 0 N–H and O–H groups in total. The minimum Gasteiger partial charge on any atom is -0.459 e. The molecule has 0 radical (unpaired) electrons. The maximum Gasteiger partial charge on any atom is 0.326 e. The van der Waals surface area contributed by atoms with Crippen LogP contribution in [0.2, 0.25) is 0 Å². The first-order valence-corrected chi connectivity index (χ1v) is 8.08. The van der Waals surface area contributed by atoms with Crippen molar-refractivity contribution in [3.63, 3.8) is 0 Å². The van der Waals surface area contributed by atoms with Gasteiger partial charge in [-0.15, -0.1) is 0 Å². The van der Waals surface area contributed by atoms with Crippen molar-refractivity contribution >= 4 is 34.6 Å². The largest absolute Gasteiger partial charge is 0.459 e. The molecule has 0 aromatic heterocycles. The molecule has 23 heavy (non-hydrogen) atoms. The Morgan fingerprint density at radius 1 is 1.22 bits per heavy atom. The second kappa shape index (κ2) is 8.20. The van der Waals surface area contributed by atoms with Crippen LogP contribution in [0.25, 0.3) is 0 Å². The Bertz CT molecular complexity index is 563. The van der Waals surface area contributed by atoms with Crippen molar-refractivity contribution in [3.05, 3.63) is 30.3 Å². The Morgan fingerprint density at radius 2 is 1.78 bits per heavy atom. The van der Waals surface area contributed by atoms with E-state index in [1.807, 2.05) is 58.0 Å². The highest BCUT2D eigenvalue weighted by atomic mass is 32.1. The number of ketones is 1. The number of hydrogen-bond donors (Lipinski definition) is 0. The molecule has 0 aliphatic heterocycles. The highest BCUT2D eigenvalue weighted by Crippen LogP contribution is 2.20. The highest BCUT2D eigenvalue weighted by Gasteiger charge is 2.24. The maximum absolute atomic E-state index is 12.2. The highest BCUT2D eigenvalue weighted by molar-refractivity contribution is 7.80. The standard InChI is InChI=1S/C18H25NO3S/c1-13(11-14(2)20)17(23)19(15-9-7-6-8-10-15)12-16(21)22-18(3,4)5/h6-10,13H,11-12H2,1-5H3. The first kappa shape index (κ1) is 19.3. The molecule has 0 saturated heterocycles. The molecule has 0 bridgehead atoms. The van der Waals surface area contributed by atoms with Crippen LogP contribution < -0.4 is 4.90 Å². The summed E-state index contributed by atoms with van der Waals surface area (Å²) in [6.07, 6.45) is 0.358. The number of carbonyl (C=O) groups is 2. The van der Waals surface area contributed by atoms with Crippen molar-refractivity contribution in [3.8, 4) is 0 Å². The zero-order valence-electron chi connectivity index (χ0n) is 14.5. The lowest BCUT2D eigenvalue weighted by Crippen LogP contribution is -2.40. The fourth-order valence-electron chi connectivity index (χ4n) is 2.19. The van der Waals surface area contributed by atoms with Gasteiger partial charge < -0.3 is 14.4 Å². The third-order valence-corrected chi connectivity index (χ3v) is 3.68. The van der Waals surface area contributed by atoms with E-state index in [2.05, 4.69) is 0 Å². The summed E-state index contributed by atoms with van der Waals surface area (Å²) in [5.74, 6) is -0.394. The Balaban J connectivity index is 2.97. The van der Waals surface area contributed by atoms with Gasteiger partial charge in [-0.05, 0) is 39.8 Å². The molecule has 0 fully saturated rings. The van der Waals surface area contributed by atoms with Crippen molar-refractivity contribution in [1.29, 1.82) is 0 Å². The average molecular weight is 335 g/mol. The number of carbonyl (C=O) groups excluding carboxylic acids is 2. The summed E-state index contributed by atoms with van der Waals surface area (Å²) in [5, 5.41) is 0. The van der Waals surface area contributed by atoms with Crippen LogP contribution in [0, 0.1) is 5.92 Å². The van der Waals surface area contributed by atoms with Crippen molar-refractivity contribution in [1.82, 2.24) is 0 Å². The Morgan fingerprint density at radius 3 is 2.26 bits per heavy atom. The number of hydrogen-bond acceptors (Lipinski definition) is 4. The summed E-state index contributed by atoms with van der Waals surface area (Å²) in [7, 11) is 0. The second-order valence-electron chi connectivity index (χ2n) is 6.65. The van der Waals surface area contributed by atoms with Gasteiger partial charge in [0.2, 0.25) is 0 Å². The van der Waals surface area contributed by atoms with E-state index in [4.69, 9.17) is 17.0 Å². The molecule has 1 rings (SSSR count). The van der Waals surface area contributed by atoms with Crippen LogP contribution in [0.1, 0.15) is 41.0 Å². The number of ether oxygens (including phenoxy) is 1. The van der Waals surface area contributed by atoms with Crippen LogP contribution in [0.3, 0.4) is 0 Å². The fraction of sp³-hybridized carbons (Fsp3) is 0.500. The molecular formula is C18H25NO3S. The SMILES string of the molecule is CC(=O)CC(C)C(=S)N(CC(=O)OC(C)(C)C)c1ccccc1. The summed E-state index contributed by atoms with van der Waals surface area (Å²) < 4.78 is 5.39. The van der Waals surface area contributed by atoms with E-state index in [0.29, 0.717) is 11.4 Å². The molecule has 4 nitrogen and oxygen atoms in total. The van der Waals surface area contributed by atoms with E-state index in [0.717, 1.165) is 5.69 Å². The van der Waals surface area contributed by atoms with E-state index in [9.17, 15) is 9.59 Å². The van der Waals surface area contributed by atoms with Crippen LogP contribution in [0.5, 0.6) is 0 Å². The van der Waals surface area contributed by atoms with Gasteiger partial charge in [0.15, 0.2) is 0 Å². The zero-order chi connectivity index (χ0) is 17.6. The average Bonchev–Trinajstić information content (AvgIpc) is 2.42. The molecule has 5 heteroatoms. The number of Topliss-reactive ketones (excluding diaryl/α,β-unsaturated/α-hetero) is 1. The lowest BCUT2D eigenvalue weighted by molar-refractivity contribution is -0.152. The molecule has 1 atom stereocenters. The summed E-state index contributed by atoms with van der Waals surface area (Å²) in [6, 6.07) is 9.44. The quantitative estimate of drug-likeness (QED) is 0.585. The summed E-state index contributed by atoms with van der Waals surface area (Å²) in [4.78, 5) is 25.9. The second-order valence-corrected chi connectivity index (χ2v) is 7.07. The van der Waals surface area contributed by atoms with Gasteiger partial charge in [0.05, 0.1) is 4.99 Å².